The van der Waals surface area contributed by atoms with Crippen molar-refractivity contribution in [2.24, 2.45) is 0 Å². The molecule has 1 heterocycles. The van der Waals surface area contributed by atoms with Crippen LogP contribution in [-0.2, 0) is 6.42 Å². The quantitative estimate of drug-likeness (QED) is 0.889. The minimum absolute atomic E-state index is 0.134. The number of halogens is 1. The van der Waals surface area contributed by atoms with Crippen LogP contribution in [0.5, 0.6) is 0 Å². The van der Waals surface area contributed by atoms with Gasteiger partial charge in [-0.25, -0.2) is 0 Å². The van der Waals surface area contributed by atoms with Gasteiger partial charge in [-0.2, -0.15) is 0 Å². The van der Waals surface area contributed by atoms with Gasteiger partial charge in [0.25, 0.3) is 5.91 Å². The van der Waals surface area contributed by atoms with Crippen molar-refractivity contribution in [1.82, 2.24) is 5.32 Å². The van der Waals surface area contributed by atoms with Crippen LogP contribution in [0, 0.1) is 0 Å². The summed E-state index contributed by atoms with van der Waals surface area (Å²) >= 11 is 7.22. The molecule has 0 aliphatic carbocycles. The summed E-state index contributed by atoms with van der Waals surface area (Å²) in [6.07, 6.45) is 0.0904. The van der Waals surface area contributed by atoms with Crippen LogP contribution in [0.25, 0.3) is 0 Å². The fraction of sp³-hybridized carbons (Fsp3) is 0.267. The molecule has 3 nitrogen and oxygen atoms in total. The Morgan fingerprint density at radius 3 is 2.70 bits per heavy atom. The van der Waals surface area contributed by atoms with Crippen LogP contribution in [0.3, 0.4) is 0 Å². The van der Waals surface area contributed by atoms with E-state index in [-0.39, 0.29) is 12.5 Å². The van der Waals surface area contributed by atoms with Gasteiger partial charge in [0.2, 0.25) is 0 Å². The van der Waals surface area contributed by atoms with Crippen molar-refractivity contribution in [3.05, 3.63) is 56.7 Å². The normalized spacial score (nSPS) is 12.2. The van der Waals surface area contributed by atoms with E-state index in [1.807, 2.05) is 18.4 Å². The number of carbonyl (C=O) groups excluding carboxylic acids is 1. The van der Waals surface area contributed by atoms with E-state index in [1.54, 1.807) is 24.3 Å². The van der Waals surface area contributed by atoms with Crippen LogP contribution in [0.1, 0.15) is 33.8 Å². The van der Waals surface area contributed by atoms with Crippen LogP contribution in [0.2, 0.25) is 5.02 Å². The first-order chi connectivity index (χ1) is 9.61. The maximum atomic E-state index is 12.0. The number of thiophene rings is 1. The van der Waals surface area contributed by atoms with Crippen molar-refractivity contribution in [2.75, 3.05) is 6.54 Å². The second-order valence-corrected chi connectivity index (χ2v) is 5.76. The molecule has 20 heavy (non-hydrogen) atoms. The molecule has 1 unspecified atom stereocenters. The van der Waals surface area contributed by atoms with Gasteiger partial charge in [0.15, 0.2) is 0 Å². The van der Waals surface area contributed by atoms with Gasteiger partial charge < -0.3 is 10.4 Å². The third-order valence-electron chi connectivity index (χ3n) is 3.04. The highest BCUT2D eigenvalue weighted by molar-refractivity contribution is 7.12. The molecule has 2 aromatic rings. The Hall–Kier alpha value is -1.36. The molecule has 2 N–H and O–H groups in total. The van der Waals surface area contributed by atoms with Crippen LogP contribution >= 0.6 is 22.9 Å². The van der Waals surface area contributed by atoms with Crippen molar-refractivity contribution in [1.29, 1.82) is 0 Å². The largest absolute Gasteiger partial charge is 0.387 e. The second kappa shape index (κ2) is 6.88. The predicted molar refractivity (Wildman–Crippen MR) is 82.4 cm³/mol. The van der Waals surface area contributed by atoms with E-state index in [0.717, 1.165) is 22.4 Å². The summed E-state index contributed by atoms with van der Waals surface area (Å²) in [5, 5.41) is 15.3. The Labute approximate surface area is 127 Å². The van der Waals surface area contributed by atoms with Gasteiger partial charge in [0, 0.05) is 11.6 Å². The third-order valence-corrected chi connectivity index (χ3v) is 4.25. The zero-order chi connectivity index (χ0) is 14.5. The zero-order valence-electron chi connectivity index (χ0n) is 11.1. The highest BCUT2D eigenvalue weighted by Gasteiger charge is 2.14. The maximum Gasteiger partial charge on any atom is 0.261 e. The number of aliphatic hydroxyl groups is 1. The Balaban J connectivity index is 1.95. The lowest BCUT2D eigenvalue weighted by Crippen LogP contribution is -2.28. The minimum Gasteiger partial charge on any atom is -0.387 e. The van der Waals surface area contributed by atoms with Gasteiger partial charge in [-0.15, -0.1) is 11.3 Å². The smallest absolute Gasteiger partial charge is 0.261 e. The summed E-state index contributed by atoms with van der Waals surface area (Å²) in [6.45, 7) is 2.20. The number of benzene rings is 1. The monoisotopic (exact) mass is 309 g/mol. The number of hydrogen-bond donors (Lipinski definition) is 2. The lowest BCUT2D eigenvalue weighted by Gasteiger charge is -2.12. The predicted octanol–water partition coefficient (Wildman–Crippen LogP) is 3.43. The molecule has 0 aliphatic heterocycles. The van der Waals surface area contributed by atoms with E-state index in [4.69, 9.17) is 11.6 Å². The number of hydrogen-bond acceptors (Lipinski definition) is 3. The molecule has 0 fully saturated rings. The highest BCUT2D eigenvalue weighted by atomic mass is 35.5. The van der Waals surface area contributed by atoms with Crippen LogP contribution in [0.4, 0.5) is 0 Å². The zero-order valence-corrected chi connectivity index (χ0v) is 12.7. The molecule has 0 saturated carbocycles. The standard InChI is InChI=1S/C15H16ClNO2S/c1-2-10-7-8-20-14(10)15(19)17-9-13(18)11-3-5-12(16)6-4-11/h3-8,13,18H,2,9H2,1H3,(H,17,19). The minimum atomic E-state index is -0.735. The van der Waals surface area contributed by atoms with Crippen LogP contribution in [-0.4, -0.2) is 17.6 Å². The fourth-order valence-electron chi connectivity index (χ4n) is 1.89. The molecule has 1 aromatic heterocycles. The first-order valence-electron chi connectivity index (χ1n) is 6.40. The van der Waals surface area contributed by atoms with Crippen molar-refractivity contribution in [3.63, 3.8) is 0 Å². The first kappa shape index (κ1) is 15.0. The molecule has 2 rings (SSSR count). The van der Waals surface area contributed by atoms with Gasteiger partial charge in [0.05, 0.1) is 11.0 Å². The summed E-state index contributed by atoms with van der Waals surface area (Å²) in [4.78, 5) is 12.8. The van der Waals surface area contributed by atoms with Gasteiger partial charge in [-0.1, -0.05) is 30.7 Å². The molecule has 0 radical (unpaired) electrons. The van der Waals surface area contributed by atoms with Crippen LogP contribution < -0.4 is 5.32 Å². The number of rotatable bonds is 5. The first-order valence-corrected chi connectivity index (χ1v) is 7.65. The summed E-state index contributed by atoms with van der Waals surface area (Å²) in [7, 11) is 0. The number of amides is 1. The molecular weight excluding hydrogens is 294 g/mol. The average molecular weight is 310 g/mol. The third kappa shape index (κ3) is 3.60. The van der Waals surface area contributed by atoms with E-state index in [0.29, 0.717) is 5.02 Å². The number of aliphatic hydroxyl groups excluding tert-OH is 1. The molecule has 1 aromatic carbocycles. The van der Waals surface area contributed by atoms with Crippen LogP contribution in [0.15, 0.2) is 35.7 Å². The van der Waals surface area contributed by atoms with E-state index < -0.39 is 6.10 Å². The van der Waals surface area contributed by atoms with Crippen molar-refractivity contribution >= 4 is 28.8 Å². The Morgan fingerprint density at radius 2 is 2.05 bits per heavy atom. The molecule has 0 bridgehead atoms. The molecule has 106 valence electrons. The topological polar surface area (TPSA) is 49.3 Å². The summed E-state index contributed by atoms with van der Waals surface area (Å²) in [6, 6.07) is 8.89. The molecule has 5 heteroatoms. The Kier molecular flexibility index (Phi) is 5.17. The molecule has 0 spiro atoms. The van der Waals surface area contributed by atoms with E-state index in [9.17, 15) is 9.90 Å². The van der Waals surface area contributed by atoms with Gasteiger partial charge in [-0.3, -0.25) is 4.79 Å². The fourth-order valence-corrected chi connectivity index (χ4v) is 2.92. The van der Waals surface area contributed by atoms with Gasteiger partial charge in [0.1, 0.15) is 0 Å². The van der Waals surface area contributed by atoms with E-state index in [2.05, 4.69) is 5.32 Å². The van der Waals surface area contributed by atoms with Crippen molar-refractivity contribution in [2.45, 2.75) is 19.4 Å². The molecular formula is C15H16ClNO2S. The highest BCUT2D eigenvalue weighted by Crippen LogP contribution is 2.18. The molecule has 0 aliphatic rings. The lowest BCUT2D eigenvalue weighted by molar-refractivity contribution is 0.0919. The van der Waals surface area contributed by atoms with E-state index >= 15 is 0 Å². The Morgan fingerprint density at radius 1 is 1.35 bits per heavy atom. The number of aryl methyl sites for hydroxylation is 1. The number of carbonyl (C=O) groups is 1. The summed E-state index contributed by atoms with van der Waals surface area (Å²) in [5.74, 6) is -0.134. The number of nitrogens with one attached hydrogen (secondary N) is 1. The summed E-state index contributed by atoms with van der Waals surface area (Å²) in [5.41, 5.74) is 1.77. The average Bonchev–Trinajstić information content (AvgIpc) is 2.93. The molecule has 0 saturated heterocycles. The molecule has 1 amide bonds. The van der Waals surface area contributed by atoms with Gasteiger partial charge in [-0.05, 0) is 41.1 Å². The summed E-state index contributed by atoms with van der Waals surface area (Å²) < 4.78 is 0. The molecule has 1 atom stereocenters. The Bertz CT molecular complexity index is 580. The van der Waals surface area contributed by atoms with Crippen molar-refractivity contribution in [3.8, 4) is 0 Å². The van der Waals surface area contributed by atoms with Gasteiger partial charge >= 0.3 is 0 Å². The SMILES string of the molecule is CCc1ccsc1C(=O)NCC(O)c1ccc(Cl)cc1. The van der Waals surface area contributed by atoms with Crippen molar-refractivity contribution < 1.29 is 9.90 Å². The van der Waals surface area contributed by atoms with E-state index in [1.165, 1.54) is 11.3 Å². The second-order valence-electron chi connectivity index (χ2n) is 4.41. The lowest BCUT2D eigenvalue weighted by atomic mass is 10.1. The maximum absolute atomic E-state index is 12.0.